The van der Waals surface area contributed by atoms with Gasteiger partial charge >= 0.3 is 0 Å². The van der Waals surface area contributed by atoms with Crippen LogP contribution in [-0.2, 0) is 10.2 Å². The number of carbonyl (C=O) groups is 1. The van der Waals surface area contributed by atoms with Crippen molar-refractivity contribution in [3.05, 3.63) is 35.4 Å². The molecule has 1 rings (SSSR count). The summed E-state index contributed by atoms with van der Waals surface area (Å²) in [7, 11) is 0. The second-order valence-electron chi connectivity index (χ2n) is 4.61. The van der Waals surface area contributed by atoms with Crippen molar-refractivity contribution in [2.24, 2.45) is 0 Å². The van der Waals surface area contributed by atoms with E-state index in [-0.39, 0.29) is 17.2 Å². The van der Waals surface area contributed by atoms with Gasteiger partial charge in [-0.3, -0.25) is 4.79 Å². The number of alkyl halides is 1. The van der Waals surface area contributed by atoms with Crippen LogP contribution in [0.4, 0.5) is 0 Å². The van der Waals surface area contributed by atoms with Crippen LogP contribution < -0.4 is 5.32 Å². The fourth-order valence-electron chi connectivity index (χ4n) is 1.79. The summed E-state index contributed by atoms with van der Waals surface area (Å²) in [5, 5.41) is 2.83. The molecule has 0 heterocycles. The van der Waals surface area contributed by atoms with Gasteiger partial charge in [0.2, 0.25) is 5.91 Å². The fourth-order valence-corrected chi connectivity index (χ4v) is 1.89. The highest BCUT2D eigenvalue weighted by molar-refractivity contribution is 6.27. The van der Waals surface area contributed by atoms with E-state index in [1.54, 1.807) is 0 Å². The molecule has 0 aliphatic rings. The molecule has 0 fully saturated rings. The third kappa shape index (κ3) is 3.24. The van der Waals surface area contributed by atoms with Gasteiger partial charge in [-0.2, -0.15) is 0 Å². The summed E-state index contributed by atoms with van der Waals surface area (Å²) in [5.74, 6) is -0.104. The van der Waals surface area contributed by atoms with Crippen LogP contribution in [0, 0.1) is 6.92 Å². The van der Waals surface area contributed by atoms with Gasteiger partial charge in [0.25, 0.3) is 0 Å². The topological polar surface area (TPSA) is 29.1 Å². The number of nitrogens with one attached hydrogen (secondary N) is 1. The zero-order chi connectivity index (χ0) is 12.2. The second-order valence-corrected chi connectivity index (χ2v) is 4.88. The van der Waals surface area contributed by atoms with E-state index in [2.05, 4.69) is 38.2 Å². The standard InChI is InChI=1S/C13H18ClNO/c1-10-6-4-5-7-11(10)13(2,3)9-15-12(16)8-14/h4-7H,8-9H2,1-3H3,(H,15,16). The lowest BCUT2D eigenvalue weighted by molar-refractivity contribution is -0.118. The predicted octanol–water partition coefficient (Wildman–Crippen LogP) is 2.63. The van der Waals surface area contributed by atoms with Crippen molar-refractivity contribution in [1.29, 1.82) is 0 Å². The van der Waals surface area contributed by atoms with Gasteiger partial charge in [-0.05, 0) is 18.1 Å². The third-order valence-corrected chi connectivity index (χ3v) is 2.97. The fraction of sp³-hybridized carbons (Fsp3) is 0.462. The van der Waals surface area contributed by atoms with Gasteiger partial charge in [0.05, 0.1) is 0 Å². The first-order valence-electron chi connectivity index (χ1n) is 5.36. The maximum absolute atomic E-state index is 11.1. The maximum atomic E-state index is 11.1. The molecule has 0 saturated heterocycles. The molecular weight excluding hydrogens is 222 g/mol. The van der Waals surface area contributed by atoms with E-state index < -0.39 is 0 Å². The van der Waals surface area contributed by atoms with Crippen molar-refractivity contribution in [2.45, 2.75) is 26.2 Å². The SMILES string of the molecule is Cc1ccccc1C(C)(C)CNC(=O)CCl. The Hall–Kier alpha value is -1.02. The third-order valence-electron chi connectivity index (χ3n) is 2.72. The highest BCUT2D eigenvalue weighted by atomic mass is 35.5. The van der Waals surface area contributed by atoms with E-state index in [9.17, 15) is 4.79 Å². The average molecular weight is 240 g/mol. The summed E-state index contributed by atoms with van der Waals surface area (Å²) < 4.78 is 0. The Balaban J connectivity index is 2.77. The smallest absolute Gasteiger partial charge is 0.234 e. The monoisotopic (exact) mass is 239 g/mol. The van der Waals surface area contributed by atoms with Crippen molar-refractivity contribution >= 4 is 17.5 Å². The van der Waals surface area contributed by atoms with Crippen LogP contribution in [0.5, 0.6) is 0 Å². The van der Waals surface area contributed by atoms with E-state index in [1.807, 2.05) is 12.1 Å². The van der Waals surface area contributed by atoms with Gasteiger partial charge in [-0.25, -0.2) is 0 Å². The average Bonchev–Trinajstić information content (AvgIpc) is 2.26. The Morgan fingerprint density at radius 1 is 1.38 bits per heavy atom. The largest absolute Gasteiger partial charge is 0.354 e. The molecule has 1 aromatic carbocycles. The molecule has 0 unspecified atom stereocenters. The van der Waals surface area contributed by atoms with Crippen molar-refractivity contribution < 1.29 is 4.79 Å². The van der Waals surface area contributed by atoms with E-state index in [0.29, 0.717) is 6.54 Å². The highest BCUT2D eigenvalue weighted by Gasteiger charge is 2.22. The number of carbonyl (C=O) groups excluding carboxylic acids is 1. The summed E-state index contributed by atoms with van der Waals surface area (Å²) in [6.45, 7) is 6.91. The first kappa shape index (κ1) is 13.0. The quantitative estimate of drug-likeness (QED) is 0.805. The molecule has 1 N–H and O–H groups in total. The Bertz CT molecular complexity index is 374. The lowest BCUT2D eigenvalue weighted by Gasteiger charge is -2.27. The van der Waals surface area contributed by atoms with Crippen molar-refractivity contribution in [3.63, 3.8) is 0 Å². The van der Waals surface area contributed by atoms with E-state index in [4.69, 9.17) is 11.6 Å². The van der Waals surface area contributed by atoms with E-state index in [0.717, 1.165) is 0 Å². The molecule has 3 heteroatoms. The molecule has 2 nitrogen and oxygen atoms in total. The summed E-state index contributed by atoms with van der Waals surface area (Å²) in [5.41, 5.74) is 2.42. The number of benzene rings is 1. The lowest BCUT2D eigenvalue weighted by atomic mass is 9.82. The van der Waals surface area contributed by atoms with Crippen LogP contribution in [0.2, 0.25) is 0 Å². The number of amides is 1. The van der Waals surface area contributed by atoms with Crippen LogP contribution in [-0.4, -0.2) is 18.3 Å². The number of halogens is 1. The number of aryl methyl sites for hydroxylation is 1. The molecule has 0 aliphatic heterocycles. The Kier molecular flexibility index (Phi) is 4.36. The second kappa shape index (κ2) is 5.35. The van der Waals surface area contributed by atoms with E-state index >= 15 is 0 Å². The summed E-state index contributed by atoms with van der Waals surface area (Å²) in [4.78, 5) is 11.1. The van der Waals surface area contributed by atoms with Crippen LogP contribution in [0.1, 0.15) is 25.0 Å². The Morgan fingerprint density at radius 2 is 2.00 bits per heavy atom. The van der Waals surface area contributed by atoms with E-state index in [1.165, 1.54) is 11.1 Å². The normalized spacial score (nSPS) is 11.2. The van der Waals surface area contributed by atoms with Gasteiger partial charge in [-0.15, -0.1) is 11.6 Å². The summed E-state index contributed by atoms with van der Waals surface area (Å²) in [6.07, 6.45) is 0. The van der Waals surface area contributed by atoms with Gasteiger partial charge in [0.1, 0.15) is 5.88 Å². The van der Waals surface area contributed by atoms with Crippen LogP contribution in [0.3, 0.4) is 0 Å². The zero-order valence-electron chi connectivity index (χ0n) is 10.0. The molecule has 16 heavy (non-hydrogen) atoms. The molecule has 0 aromatic heterocycles. The minimum Gasteiger partial charge on any atom is -0.354 e. The number of rotatable bonds is 4. The first-order chi connectivity index (χ1) is 7.47. The molecule has 1 aromatic rings. The summed E-state index contributed by atoms with van der Waals surface area (Å²) in [6, 6.07) is 8.22. The van der Waals surface area contributed by atoms with Crippen molar-refractivity contribution in [2.75, 3.05) is 12.4 Å². The molecule has 0 spiro atoms. The van der Waals surface area contributed by atoms with Crippen LogP contribution in [0.25, 0.3) is 0 Å². The first-order valence-corrected chi connectivity index (χ1v) is 5.89. The molecule has 0 radical (unpaired) electrons. The molecule has 0 aliphatic carbocycles. The lowest BCUT2D eigenvalue weighted by Crippen LogP contribution is -2.37. The number of hydrogen-bond donors (Lipinski definition) is 1. The molecule has 0 bridgehead atoms. The Labute approximate surface area is 102 Å². The highest BCUT2D eigenvalue weighted by Crippen LogP contribution is 2.25. The zero-order valence-corrected chi connectivity index (χ0v) is 10.8. The molecular formula is C13H18ClNO. The summed E-state index contributed by atoms with van der Waals surface area (Å²) >= 11 is 5.45. The Morgan fingerprint density at radius 3 is 2.56 bits per heavy atom. The van der Waals surface area contributed by atoms with Gasteiger partial charge in [-0.1, -0.05) is 38.1 Å². The van der Waals surface area contributed by atoms with Gasteiger partial charge < -0.3 is 5.32 Å². The van der Waals surface area contributed by atoms with Crippen molar-refractivity contribution in [1.82, 2.24) is 5.32 Å². The van der Waals surface area contributed by atoms with Crippen LogP contribution >= 0.6 is 11.6 Å². The maximum Gasteiger partial charge on any atom is 0.234 e. The minimum atomic E-state index is -0.122. The molecule has 0 saturated carbocycles. The molecule has 1 amide bonds. The van der Waals surface area contributed by atoms with Gasteiger partial charge in [0.15, 0.2) is 0 Å². The molecule has 88 valence electrons. The van der Waals surface area contributed by atoms with Crippen molar-refractivity contribution in [3.8, 4) is 0 Å². The number of hydrogen-bond acceptors (Lipinski definition) is 1. The molecule has 0 atom stereocenters. The van der Waals surface area contributed by atoms with Crippen LogP contribution in [0.15, 0.2) is 24.3 Å². The minimum absolute atomic E-state index is 0.0177. The van der Waals surface area contributed by atoms with Gasteiger partial charge in [0, 0.05) is 12.0 Å². The predicted molar refractivity (Wildman–Crippen MR) is 67.9 cm³/mol.